The van der Waals surface area contributed by atoms with Crippen molar-refractivity contribution in [2.45, 2.75) is 51.7 Å². The Balaban J connectivity index is 2.49. The average molecular weight is 228 g/mol. The van der Waals surface area contributed by atoms with Crippen molar-refractivity contribution in [2.24, 2.45) is 0 Å². The number of hydrogen-bond acceptors (Lipinski definition) is 4. The van der Waals surface area contributed by atoms with E-state index in [1.54, 1.807) is 0 Å². The van der Waals surface area contributed by atoms with Crippen LogP contribution in [-0.2, 0) is 9.53 Å². The maximum absolute atomic E-state index is 11.6. The molecule has 0 aromatic heterocycles. The highest BCUT2D eigenvalue weighted by Crippen LogP contribution is 2.20. The van der Waals surface area contributed by atoms with E-state index in [1.165, 1.54) is 20.0 Å². The molecule has 0 aromatic rings. The fourth-order valence-corrected chi connectivity index (χ4v) is 1.81. The fraction of sp³-hybridized carbons (Fsp3) is 0.917. The number of carbonyl (C=O) groups is 1. The van der Waals surface area contributed by atoms with E-state index in [2.05, 4.69) is 31.0 Å². The van der Waals surface area contributed by atoms with Crippen molar-refractivity contribution in [2.75, 3.05) is 20.2 Å². The first-order valence-corrected chi connectivity index (χ1v) is 6.16. The lowest BCUT2D eigenvalue weighted by Crippen LogP contribution is -2.49. The van der Waals surface area contributed by atoms with Crippen LogP contribution in [0.3, 0.4) is 0 Å². The first-order valence-electron chi connectivity index (χ1n) is 6.16. The summed E-state index contributed by atoms with van der Waals surface area (Å²) in [6, 6.07) is 0.799. The maximum Gasteiger partial charge on any atom is 0.324 e. The van der Waals surface area contributed by atoms with Gasteiger partial charge in [0.25, 0.3) is 0 Å². The highest BCUT2D eigenvalue weighted by Gasteiger charge is 2.30. The quantitative estimate of drug-likeness (QED) is 0.660. The fourth-order valence-electron chi connectivity index (χ4n) is 1.81. The Morgan fingerprint density at radius 3 is 2.50 bits per heavy atom. The molecular formula is C12H24N2O2. The lowest BCUT2D eigenvalue weighted by Gasteiger charge is -2.28. The van der Waals surface area contributed by atoms with Crippen LogP contribution in [0.4, 0.5) is 0 Å². The van der Waals surface area contributed by atoms with Crippen molar-refractivity contribution in [3.63, 3.8) is 0 Å². The van der Waals surface area contributed by atoms with Gasteiger partial charge in [-0.3, -0.25) is 9.69 Å². The molecule has 16 heavy (non-hydrogen) atoms. The van der Waals surface area contributed by atoms with Gasteiger partial charge >= 0.3 is 5.97 Å². The highest BCUT2D eigenvalue weighted by atomic mass is 16.5. The Bertz CT molecular complexity index is 227. The molecule has 1 N–H and O–H groups in total. The van der Waals surface area contributed by atoms with Crippen molar-refractivity contribution >= 4 is 5.97 Å². The van der Waals surface area contributed by atoms with Gasteiger partial charge in [0.1, 0.15) is 6.04 Å². The number of methoxy groups -OCH3 is 1. The van der Waals surface area contributed by atoms with Gasteiger partial charge in [0.2, 0.25) is 0 Å². The summed E-state index contributed by atoms with van der Waals surface area (Å²) in [5.74, 6) is -0.147. The van der Waals surface area contributed by atoms with Gasteiger partial charge in [0.15, 0.2) is 0 Å². The predicted octanol–water partition coefficient (Wildman–Crippen LogP) is 1.01. The molecule has 1 aliphatic rings. The van der Waals surface area contributed by atoms with Gasteiger partial charge in [-0.2, -0.15) is 0 Å². The zero-order valence-electron chi connectivity index (χ0n) is 10.8. The lowest BCUT2D eigenvalue weighted by atomic mass is 10.2. The van der Waals surface area contributed by atoms with Crippen LogP contribution in [0.5, 0.6) is 0 Å². The first-order chi connectivity index (χ1) is 7.58. The molecule has 94 valence electrons. The van der Waals surface area contributed by atoms with E-state index in [0.29, 0.717) is 12.1 Å². The van der Waals surface area contributed by atoms with Crippen molar-refractivity contribution in [3.8, 4) is 0 Å². The lowest BCUT2D eigenvalue weighted by molar-refractivity contribution is -0.143. The van der Waals surface area contributed by atoms with Crippen molar-refractivity contribution < 1.29 is 9.53 Å². The number of esters is 1. The first kappa shape index (κ1) is 13.5. The van der Waals surface area contributed by atoms with E-state index in [4.69, 9.17) is 4.74 Å². The number of carbonyl (C=O) groups excluding carboxylic acids is 1. The minimum Gasteiger partial charge on any atom is -0.468 e. The molecule has 4 nitrogen and oxygen atoms in total. The Kier molecular flexibility index (Phi) is 5.22. The normalized spacial score (nSPS) is 17.9. The molecule has 1 rings (SSSR count). The zero-order chi connectivity index (χ0) is 12.1. The van der Waals surface area contributed by atoms with Crippen molar-refractivity contribution in [3.05, 3.63) is 0 Å². The molecule has 0 bridgehead atoms. The van der Waals surface area contributed by atoms with Gasteiger partial charge in [-0.25, -0.2) is 0 Å². The average Bonchev–Trinajstić information content (AvgIpc) is 3.06. The Morgan fingerprint density at radius 1 is 1.50 bits per heavy atom. The van der Waals surface area contributed by atoms with E-state index in [-0.39, 0.29) is 12.0 Å². The number of ether oxygens (including phenoxy) is 1. The highest BCUT2D eigenvalue weighted by molar-refractivity contribution is 5.76. The van der Waals surface area contributed by atoms with Gasteiger partial charge < -0.3 is 10.1 Å². The topological polar surface area (TPSA) is 41.6 Å². The minimum absolute atomic E-state index is 0.147. The third kappa shape index (κ3) is 4.10. The van der Waals surface area contributed by atoms with Crippen LogP contribution >= 0.6 is 0 Å². The molecule has 0 amide bonds. The van der Waals surface area contributed by atoms with E-state index in [0.717, 1.165) is 13.1 Å². The predicted molar refractivity (Wildman–Crippen MR) is 64.3 cm³/mol. The molecule has 1 saturated carbocycles. The molecule has 1 fully saturated rings. The van der Waals surface area contributed by atoms with Crippen LogP contribution in [0.2, 0.25) is 0 Å². The smallest absolute Gasteiger partial charge is 0.324 e. The van der Waals surface area contributed by atoms with Gasteiger partial charge in [0, 0.05) is 18.6 Å². The number of hydrogen-bond donors (Lipinski definition) is 1. The molecule has 0 radical (unpaired) electrons. The van der Waals surface area contributed by atoms with E-state index in [1.807, 2.05) is 0 Å². The summed E-state index contributed by atoms with van der Waals surface area (Å²) in [4.78, 5) is 13.9. The summed E-state index contributed by atoms with van der Waals surface area (Å²) in [5.41, 5.74) is 0. The number of nitrogens with zero attached hydrogens (tertiary/aromatic N) is 1. The number of nitrogens with one attached hydrogen (secondary N) is 1. The van der Waals surface area contributed by atoms with Gasteiger partial charge in [0.05, 0.1) is 7.11 Å². The minimum atomic E-state index is -0.181. The van der Waals surface area contributed by atoms with Crippen LogP contribution in [0.1, 0.15) is 33.6 Å². The van der Waals surface area contributed by atoms with Crippen LogP contribution < -0.4 is 5.32 Å². The summed E-state index contributed by atoms with van der Waals surface area (Å²) in [6.07, 6.45) is 2.36. The summed E-state index contributed by atoms with van der Waals surface area (Å²) in [7, 11) is 1.45. The molecule has 0 aromatic carbocycles. The van der Waals surface area contributed by atoms with Crippen LogP contribution in [0.25, 0.3) is 0 Å². The molecule has 0 aliphatic heterocycles. The number of rotatable bonds is 7. The molecule has 0 heterocycles. The number of likely N-dealkylation sites (N-methyl/N-ethyl adjacent to an activating group) is 1. The van der Waals surface area contributed by atoms with Gasteiger partial charge in [-0.1, -0.05) is 6.92 Å². The molecule has 0 spiro atoms. The van der Waals surface area contributed by atoms with E-state index >= 15 is 0 Å². The third-order valence-electron chi connectivity index (χ3n) is 3.05. The summed E-state index contributed by atoms with van der Waals surface area (Å²) in [5, 5.41) is 3.35. The van der Waals surface area contributed by atoms with Crippen LogP contribution in [0.15, 0.2) is 0 Å². The van der Waals surface area contributed by atoms with E-state index < -0.39 is 0 Å². The molecule has 1 atom stereocenters. The van der Waals surface area contributed by atoms with Crippen molar-refractivity contribution in [1.29, 1.82) is 0 Å². The summed E-state index contributed by atoms with van der Waals surface area (Å²) >= 11 is 0. The van der Waals surface area contributed by atoms with E-state index in [9.17, 15) is 4.79 Å². The Labute approximate surface area is 98.3 Å². The monoisotopic (exact) mass is 228 g/mol. The largest absolute Gasteiger partial charge is 0.468 e. The van der Waals surface area contributed by atoms with Gasteiger partial charge in [-0.05, 0) is 33.2 Å². The Morgan fingerprint density at radius 2 is 2.12 bits per heavy atom. The molecule has 1 unspecified atom stereocenters. The second-order valence-corrected chi connectivity index (χ2v) is 4.70. The standard InChI is InChI=1S/C12H24N2O2/c1-5-14(9(2)3)8-11(12(15)16-4)13-10-6-7-10/h9-11,13H,5-8H2,1-4H3. The SMILES string of the molecule is CCN(CC(NC1CC1)C(=O)OC)C(C)C. The van der Waals surface area contributed by atoms with Crippen molar-refractivity contribution in [1.82, 2.24) is 10.2 Å². The molecule has 4 heteroatoms. The second kappa shape index (κ2) is 6.21. The zero-order valence-corrected chi connectivity index (χ0v) is 10.8. The molecular weight excluding hydrogens is 204 g/mol. The summed E-state index contributed by atoms with van der Waals surface area (Å²) < 4.78 is 4.84. The second-order valence-electron chi connectivity index (χ2n) is 4.70. The summed E-state index contributed by atoms with van der Waals surface area (Å²) in [6.45, 7) is 8.10. The van der Waals surface area contributed by atoms with Crippen LogP contribution in [0, 0.1) is 0 Å². The molecule has 1 aliphatic carbocycles. The third-order valence-corrected chi connectivity index (χ3v) is 3.05. The molecule has 0 saturated heterocycles. The maximum atomic E-state index is 11.6. The Hall–Kier alpha value is -0.610. The van der Waals surface area contributed by atoms with Crippen LogP contribution in [-0.4, -0.2) is 49.2 Å². The van der Waals surface area contributed by atoms with Gasteiger partial charge in [-0.15, -0.1) is 0 Å².